The standard InChI is InChI=1S/C13H17NO.CH3I/c1-2-10(1)9-15-13-4-3-12-8-14-6-5-11(12)7-13;1-2/h3-4,7,10,14H,1-2,5-6,8-9H2;1H3. The summed E-state index contributed by atoms with van der Waals surface area (Å²) in [6.07, 6.45) is 3.85. The second kappa shape index (κ2) is 6.59. The number of alkyl halides is 1. The van der Waals surface area contributed by atoms with Gasteiger partial charge in [0.1, 0.15) is 5.75 Å². The van der Waals surface area contributed by atoms with Crippen molar-refractivity contribution in [2.45, 2.75) is 25.8 Å². The molecule has 3 heteroatoms. The van der Waals surface area contributed by atoms with Gasteiger partial charge in [-0.05, 0) is 59.9 Å². The molecule has 0 saturated heterocycles. The molecule has 1 aromatic rings. The van der Waals surface area contributed by atoms with E-state index in [2.05, 4.69) is 46.1 Å². The van der Waals surface area contributed by atoms with Gasteiger partial charge in [-0.3, -0.25) is 0 Å². The number of halogens is 1. The average Bonchev–Trinajstić information content (AvgIpc) is 3.23. The Morgan fingerprint density at radius 3 is 2.88 bits per heavy atom. The summed E-state index contributed by atoms with van der Waals surface area (Å²) < 4.78 is 5.78. The van der Waals surface area contributed by atoms with Crippen molar-refractivity contribution in [3.05, 3.63) is 29.3 Å². The summed E-state index contributed by atoms with van der Waals surface area (Å²) in [4.78, 5) is 1.97. The second-order valence-corrected chi connectivity index (χ2v) is 4.61. The van der Waals surface area contributed by atoms with Crippen LogP contribution < -0.4 is 10.1 Å². The molecule has 1 N–H and O–H groups in total. The van der Waals surface area contributed by atoms with E-state index in [-0.39, 0.29) is 0 Å². The van der Waals surface area contributed by atoms with Gasteiger partial charge in [-0.25, -0.2) is 0 Å². The third kappa shape index (κ3) is 3.85. The lowest BCUT2D eigenvalue weighted by molar-refractivity contribution is 0.299. The maximum Gasteiger partial charge on any atom is 0.119 e. The molecule has 0 atom stereocenters. The Morgan fingerprint density at radius 2 is 2.12 bits per heavy atom. The molecule has 1 aromatic carbocycles. The van der Waals surface area contributed by atoms with Crippen LogP contribution >= 0.6 is 22.6 Å². The predicted molar refractivity (Wildman–Crippen MR) is 80.0 cm³/mol. The van der Waals surface area contributed by atoms with Gasteiger partial charge in [-0.2, -0.15) is 0 Å². The minimum Gasteiger partial charge on any atom is -0.493 e. The zero-order chi connectivity index (χ0) is 12.1. The lowest BCUT2D eigenvalue weighted by Gasteiger charge is -2.17. The fourth-order valence-electron chi connectivity index (χ4n) is 2.04. The number of rotatable bonds is 3. The van der Waals surface area contributed by atoms with Crippen molar-refractivity contribution < 1.29 is 4.74 Å². The highest BCUT2D eigenvalue weighted by Gasteiger charge is 2.22. The van der Waals surface area contributed by atoms with Gasteiger partial charge in [0.15, 0.2) is 0 Å². The summed E-state index contributed by atoms with van der Waals surface area (Å²) in [7, 11) is 0. The van der Waals surface area contributed by atoms with Crippen LogP contribution in [0.4, 0.5) is 0 Å². The van der Waals surface area contributed by atoms with E-state index in [0.29, 0.717) is 0 Å². The third-order valence-electron chi connectivity index (χ3n) is 3.25. The maximum atomic E-state index is 5.78. The van der Waals surface area contributed by atoms with Gasteiger partial charge in [0.05, 0.1) is 6.61 Å². The first-order valence-electron chi connectivity index (χ1n) is 6.25. The zero-order valence-corrected chi connectivity index (χ0v) is 12.5. The number of nitrogens with one attached hydrogen (secondary N) is 1. The first kappa shape index (κ1) is 13.1. The maximum absolute atomic E-state index is 5.78. The largest absolute Gasteiger partial charge is 0.493 e. The van der Waals surface area contributed by atoms with Crippen LogP contribution in [0, 0.1) is 5.92 Å². The quantitative estimate of drug-likeness (QED) is 0.671. The first-order chi connectivity index (χ1) is 8.42. The molecule has 2 nitrogen and oxygen atoms in total. The third-order valence-corrected chi connectivity index (χ3v) is 3.25. The minimum absolute atomic E-state index is 0.836. The fraction of sp³-hybridized carbons (Fsp3) is 0.571. The number of benzene rings is 1. The van der Waals surface area contributed by atoms with Crippen molar-refractivity contribution in [2.75, 3.05) is 18.1 Å². The zero-order valence-electron chi connectivity index (χ0n) is 10.3. The van der Waals surface area contributed by atoms with E-state index in [0.717, 1.165) is 37.8 Å². The Bertz CT molecular complexity index is 363. The molecule has 0 spiro atoms. The van der Waals surface area contributed by atoms with Crippen LogP contribution in [0.25, 0.3) is 0 Å². The van der Waals surface area contributed by atoms with E-state index in [1.807, 2.05) is 4.93 Å². The van der Waals surface area contributed by atoms with E-state index in [4.69, 9.17) is 4.74 Å². The molecule has 1 heterocycles. The van der Waals surface area contributed by atoms with Gasteiger partial charge in [-0.15, -0.1) is 0 Å². The fourth-order valence-corrected chi connectivity index (χ4v) is 2.04. The Balaban J connectivity index is 0.000000514. The van der Waals surface area contributed by atoms with Crippen molar-refractivity contribution >= 4 is 22.6 Å². The normalized spacial score (nSPS) is 17.8. The Hall–Kier alpha value is -0.290. The number of ether oxygens (including phenoxy) is 1. The summed E-state index contributed by atoms with van der Waals surface area (Å²) in [6.45, 7) is 3.02. The van der Waals surface area contributed by atoms with Crippen molar-refractivity contribution in [1.29, 1.82) is 0 Å². The van der Waals surface area contributed by atoms with Crippen LogP contribution in [0.5, 0.6) is 5.75 Å². The molecule has 0 amide bonds. The molecule has 0 aromatic heterocycles. The molecule has 2 aliphatic rings. The summed E-state index contributed by atoms with van der Waals surface area (Å²) in [5, 5.41) is 3.38. The summed E-state index contributed by atoms with van der Waals surface area (Å²) in [5.74, 6) is 1.89. The van der Waals surface area contributed by atoms with Gasteiger partial charge in [0.25, 0.3) is 0 Å². The molecule has 0 unspecified atom stereocenters. The Morgan fingerprint density at radius 1 is 1.29 bits per heavy atom. The minimum atomic E-state index is 0.836. The van der Waals surface area contributed by atoms with Crippen LogP contribution in [0.15, 0.2) is 18.2 Å². The van der Waals surface area contributed by atoms with Crippen LogP contribution in [-0.2, 0) is 13.0 Å². The average molecular weight is 345 g/mol. The molecule has 94 valence electrons. The van der Waals surface area contributed by atoms with Crippen molar-refractivity contribution in [2.24, 2.45) is 5.92 Å². The molecule has 3 rings (SSSR count). The van der Waals surface area contributed by atoms with Crippen molar-refractivity contribution in [3.63, 3.8) is 0 Å². The lowest BCUT2D eigenvalue weighted by atomic mass is 10.0. The predicted octanol–water partition coefficient (Wildman–Crippen LogP) is 3.17. The second-order valence-electron chi connectivity index (χ2n) is 4.61. The molecule has 0 bridgehead atoms. The van der Waals surface area contributed by atoms with Crippen molar-refractivity contribution in [3.8, 4) is 5.75 Å². The molecule has 1 aliphatic heterocycles. The highest BCUT2D eigenvalue weighted by molar-refractivity contribution is 14.1. The van der Waals surface area contributed by atoms with E-state index in [9.17, 15) is 0 Å². The van der Waals surface area contributed by atoms with Crippen LogP contribution in [0.3, 0.4) is 0 Å². The SMILES string of the molecule is CI.c1cc2c(cc1OCC1CC1)CCNC2. The first-order valence-corrected chi connectivity index (χ1v) is 8.41. The lowest BCUT2D eigenvalue weighted by Crippen LogP contribution is -2.23. The Kier molecular flexibility index (Phi) is 5.10. The van der Waals surface area contributed by atoms with E-state index < -0.39 is 0 Å². The molecule has 1 fully saturated rings. The van der Waals surface area contributed by atoms with Gasteiger partial charge >= 0.3 is 0 Å². The van der Waals surface area contributed by atoms with E-state index in [1.165, 1.54) is 24.0 Å². The topological polar surface area (TPSA) is 21.3 Å². The van der Waals surface area contributed by atoms with Gasteiger partial charge in [-0.1, -0.05) is 28.7 Å². The highest BCUT2D eigenvalue weighted by Crippen LogP contribution is 2.30. The number of hydrogen-bond donors (Lipinski definition) is 1. The van der Waals surface area contributed by atoms with Crippen LogP contribution in [0.2, 0.25) is 0 Å². The Labute approximate surface area is 117 Å². The van der Waals surface area contributed by atoms with Gasteiger partial charge in [0, 0.05) is 6.54 Å². The number of hydrogen-bond acceptors (Lipinski definition) is 2. The molecule has 0 radical (unpaired) electrons. The van der Waals surface area contributed by atoms with Crippen LogP contribution in [0.1, 0.15) is 24.0 Å². The molecule has 1 aliphatic carbocycles. The smallest absolute Gasteiger partial charge is 0.119 e. The van der Waals surface area contributed by atoms with Crippen LogP contribution in [-0.4, -0.2) is 18.1 Å². The van der Waals surface area contributed by atoms with E-state index in [1.54, 1.807) is 0 Å². The molecule has 1 saturated carbocycles. The molecule has 17 heavy (non-hydrogen) atoms. The van der Waals surface area contributed by atoms with Crippen molar-refractivity contribution in [1.82, 2.24) is 5.32 Å². The van der Waals surface area contributed by atoms with Gasteiger partial charge in [0.2, 0.25) is 0 Å². The van der Waals surface area contributed by atoms with E-state index >= 15 is 0 Å². The summed E-state index contributed by atoms with van der Waals surface area (Å²) in [6, 6.07) is 6.52. The molecular weight excluding hydrogens is 325 g/mol. The summed E-state index contributed by atoms with van der Waals surface area (Å²) in [5.41, 5.74) is 2.89. The monoisotopic (exact) mass is 345 g/mol. The number of fused-ring (bicyclic) bond motifs is 1. The molecular formula is C14H20INO. The highest BCUT2D eigenvalue weighted by atomic mass is 127. The van der Waals surface area contributed by atoms with Gasteiger partial charge < -0.3 is 10.1 Å². The summed E-state index contributed by atoms with van der Waals surface area (Å²) >= 11 is 2.15.